The number of nitrogens with one attached hydrogen (secondary N) is 2. The molecular weight excluding hydrogens is 497 g/mol. The minimum atomic E-state index is 0. The van der Waals surface area contributed by atoms with Gasteiger partial charge in [-0.05, 0) is 10.5 Å². The van der Waals surface area contributed by atoms with Crippen LogP contribution in [0.25, 0.3) is 0 Å². The number of hydrogen-bond acceptors (Lipinski definition) is 6. The van der Waals surface area contributed by atoms with E-state index in [1.807, 2.05) is 37.4 Å². The topological polar surface area (TPSA) is 54.1 Å². The second kappa shape index (κ2) is 44.5. The van der Waals surface area contributed by atoms with E-state index in [2.05, 4.69) is 51.0 Å². The summed E-state index contributed by atoms with van der Waals surface area (Å²) in [6.07, 6.45) is 0. The first-order valence-corrected chi connectivity index (χ1v) is 12.3. The van der Waals surface area contributed by atoms with Crippen molar-refractivity contribution in [2.24, 2.45) is 0 Å². The van der Waals surface area contributed by atoms with Crippen molar-refractivity contribution >= 4 is 71.8 Å². The summed E-state index contributed by atoms with van der Waals surface area (Å²) in [6, 6.07) is 0. The molecule has 0 amide bonds. The van der Waals surface area contributed by atoms with Crippen molar-refractivity contribution in [2.75, 3.05) is 49.4 Å². The van der Waals surface area contributed by atoms with Gasteiger partial charge in [-0.15, -0.1) is 35.6 Å². The fraction of sp³-hybridized carbons (Fsp3) is 1.00. The summed E-state index contributed by atoms with van der Waals surface area (Å²) in [5, 5.41) is 8.43. The van der Waals surface area contributed by atoms with Crippen molar-refractivity contribution < 1.29 is 64.6 Å². The Balaban J connectivity index is -0.0000000508. The maximum Gasteiger partial charge on any atom is 1.00 e. The van der Waals surface area contributed by atoms with Crippen molar-refractivity contribution in [2.45, 2.75) is 57.3 Å². The molecule has 166 valence electrons. The predicted octanol–water partition coefficient (Wildman–Crippen LogP) is -0.892. The monoisotopic (exact) mass is 536 g/mol. The van der Waals surface area contributed by atoms with Gasteiger partial charge in [-0.2, -0.15) is 28.8 Å². The Kier molecular flexibility index (Phi) is 77.9. The summed E-state index contributed by atoms with van der Waals surface area (Å²) in [4.78, 5) is 0. The Morgan fingerprint density at radius 1 is 0.714 bits per heavy atom. The zero-order chi connectivity index (χ0) is 19.2. The first-order valence-electron chi connectivity index (χ1n) is 8.70. The van der Waals surface area contributed by atoms with Crippen LogP contribution in [-0.2, 0) is 12.6 Å². The van der Waals surface area contributed by atoms with E-state index >= 15 is 0 Å². The summed E-state index contributed by atoms with van der Waals surface area (Å²) in [7, 11) is 0. The van der Waals surface area contributed by atoms with E-state index in [9.17, 15) is 0 Å². The van der Waals surface area contributed by atoms with E-state index < -0.39 is 0 Å². The Labute approximate surface area is 250 Å². The van der Waals surface area contributed by atoms with Crippen LogP contribution in [0.15, 0.2) is 0 Å². The molecular formula is C17H41Cl3N2Na2OS3. The van der Waals surface area contributed by atoms with Crippen LogP contribution in [-0.4, -0.2) is 70.7 Å². The second-order valence-electron chi connectivity index (χ2n) is 5.77. The molecule has 0 atom stereocenters. The standard InChI is InChI=1S/C10H23NS2.C4H9Cl2N.C3H8S.ClH.2Na.H2O/c1-9(2)12-7-5-11-6-8-13-10(3)4;5-1-3-7-4-2-6;1-3(2)4;;;;/h9-11H,5-8H2,1-4H3;7H,1-4H2;3-4H,1-2H3;1H;;;1H2/q;;;;2*+1;/p-2. The van der Waals surface area contributed by atoms with Gasteiger partial charge < -0.3 is 28.7 Å². The van der Waals surface area contributed by atoms with Gasteiger partial charge in [0.2, 0.25) is 0 Å². The Morgan fingerprint density at radius 3 is 1.18 bits per heavy atom. The number of alkyl halides is 2. The van der Waals surface area contributed by atoms with Gasteiger partial charge in [0, 0.05) is 49.4 Å². The smallest absolute Gasteiger partial charge is 0.870 e. The molecule has 0 rings (SSSR count). The molecule has 3 nitrogen and oxygen atoms in total. The third-order valence-corrected chi connectivity index (χ3v) is 4.59. The van der Waals surface area contributed by atoms with Gasteiger partial charge in [-0.1, -0.05) is 41.5 Å². The number of rotatable bonds is 12. The predicted molar refractivity (Wildman–Crippen MR) is 134 cm³/mol. The zero-order valence-electron chi connectivity index (χ0n) is 19.2. The first kappa shape index (κ1) is 49.0. The van der Waals surface area contributed by atoms with Crippen LogP contribution in [0.3, 0.4) is 0 Å². The maximum atomic E-state index is 5.33. The van der Waals surface area contributed by atoms with Gasteiger partial charge in [-0.25, -0.2) is 0 Å². The molecule has 0 unspecified atom stereocenters. The number of halogens is 3. The summed E-state index contributed by atoms with van der Waals surface area (Å²) >= 11 is 19.3. The van der Waals surface area contributed by atoms with Crippen LogP contribution in [0, 0.1) is 0 Å². The van der Waals surface area contributed by atoms with Gasteiger partial charge in [-0.3, -0.25) is 0 Å². The van der Waals surface area contributed by atoms with Crippen LogP contribution in [0.1, 0.15) is 41.5 Å². The molecule has 0 aliphatic rings. The molecule has 0 radical (unpaired) electrons. The molecule has 0 saturated heterocycles. The van der Waals surface area contributed by atoms with Gasteiger partial charge in [0.05, 0.1) is 0 Å². The second-order valence-corrected chi connectivity index (χ2v) is 10.8. The van der Waals surface area contributed by atoms with Crippen molar-refractivity contribution in [3.05, 3.63) is 0 Å². The van der Waals surface area contributed by atoms with Gasteiger partial charge in [0.1, 0.15) is 0 Å². The first-order chi connectivity index (χ1) is 11.3. The van der Waals surface area contributed by atoms with Crippen molar-refractivity contribution in [3.8, 4) is 0 Å². The minimum absolute atomic E-state index is 0. The van der Waals surface area contributed by atoms with Crippen molar-refractivity contribution in [1.82, 2.24) is 10.6 Å². The largest absolute Gasteiger partial charge is 1.00 e. The van der Waals surface area contributed by atoms with Crippen LogP contribution < -0.4 is 69.7 Å². The molecule has 28 heavy (non-hydrogen) atoms. The van der Waals surface area contributed by atoms with Crippen molar-refractivity contribution in [1.29, 1.82) is 0 Å². The van der Waals surface area contributed by atoms with E-state index in [0.717, 1.165) is 36.7 Å². The number of hydrogen-bond donors (Lipinski definition) is 2. The molecule has 3 N–H and O–H groups in total. The van der Waals surface area contributed by atoms with Crippen LogP contribution in [0.4, 0.5) is 0 Å². The molecule has 0 heterocycles. The van der Waals surface area contributed by atoms with Crippen LogP contribution >= 0.6 is 59.1 Å². The molecule has 0 aliphatic carbocycles. The summed E-state index contributed by atoms with van der Waals surface area (Å²) < 4.78 is 0. The molecule has 0 saturated carbocycles. The normalized spacial score (nSPS) is 9.00. The molecule has 0 aromatic carbocycles. The van der Waals surface area contributed by atoms with E-state index in [-0.39, 0.29) is 77.0 Å². The minimum Gasteiger partial charge on any atom is -0.870 e. The van der Waals surface area contributed by atoms with E-state index in [4.69, 9.17) is 23.2 Å². The van der Waals surface area contributed by atoms with Crippen molar-refractivity contribution in [3.63, 3.8) is 0 Å². The quantitative estimate of drug-likeness (QED) is 0.146. The average molecular weight is 538 g/mol. The summed E-state index contributed by atoms with van der Waals surface area (Å²) in [5.41, 5.74) is 0. The molecule has 0 aliphatic heterocycles. The summed E-state index contributed by atoms with van der Waals surface area (Å²) in [6.45, 7) is 17.0. The van der Waals surface area contributed by atoms with Gasteiger partial charge in [0.15, 0.2) is 0 Å². The maximum absolute atomic E-state index is 5.33. The molecule has 0 aromatic heterocycles. The van der Waals surface area contributed by atoms with E-state index in [1.54, 1.807) is 0 Å². The molecule has 0 bridgehead atoms. The molecule has 0 spiro atoms. The molecule has 0 aromatic rings. The average Bonchev–Trinajstić information content (AvgIpc) is 2.46. The van der Waals surface area contributed by atoms with E-state index in [0.29, 0.717) is 17.0 Å². The van der Waals surface area contributed by atoms with Crippen LogP contribution in [0.5, 0.6) is 0 Å². The third kappa shape index (κ3) is 78.0. The Morgan fingerprint density at radius 2 is 0.964 bits per heavy atom. The van der Waals surface area contributed by atoms with Crippen LogP contribution in [0.2, 0.25) is 0 Å². The fourth-order valence-corrected chi connectivity index (χ4v) is 2.85. The molecule has 11 heteroatoms. The zero-order valence-corrected chi connectivity index (χ0v) is 28.0. The molecule has 0 fully saturated rings. The van der Waals surface area contributed by atoms with Gasteiger partial charge >= 0.3 is 59.1 Å². The van der Waals surface area contributed by atoms with Gasteiger partial charge in [0.25, 0.3) is 0 Å². The summed E-state index contributed by atoms with van der Waals surface area (Å²) in [5.74, 6) is 3.81. The third-order valence-electron chi connectivity index (χ3n) is 2.00. The van der Waals surface area contributed by atoms with E-state index in [1.165, 1.54) is 11.5 Å². The number of thioether (sulfide) groups is 2. The SMILES string of the molecule is CC(C)SCCNCCSC(C)C.CC(C)[S-].Cl.ClCCNCCCl.[Na+].[Na+].[OH-]. The fourth-order valence-electron chi connectivity index (χ4n) is 1.12. The Hall–Kier alpha value is 3.80. The Bertz CT molecular complexity index is 211.